The predicted molar refractivity (Wildman–Crippen MR) is 53.9 cm³/mol. The Morgan fingerprint density at radius 2 is 2.14 bits per heavy atom. The lowest BCUT2D eigenvalue weighted by atomic mass is 9.69. The van der Waals surface area contributed by atoms with E-state index >= 15 is 0 Å². The van der Waals surface area contributed by atoms with Crippen molar-refractivity contribution < 1.29 is 9.53 Å². The predicted octanol–water partition coefficient (Wildman–Crippen LogP) is 1.28. The summed E-state index contributed by atoms with van der Waals surface area (Å²) in [6, 6.07) is 0.683. The van der Waals surface area contributed by atoms with Gasteiger partial charge in [-0.25, -0.2) is 0 Å². The fourth-order valence-corrected chi connectivity index (χ4v) is 2.62. The molecule has 1 aliphatic carbocycles. The summed E-state index contributed by atoms with van der Waals surface area (Å²) in [6.45, 7) is 5.64. The number of carbonyl (C=O) groups is 1. The fraction of sp³-hybridized carbons (Fsp3) is 0.909. The molecule has 0 aromatic heterocycles. The lowest BCUT2D eigenvalue weighted by Gasteiger charge is -2.54. The Kier molecular flexibility index (Phi) is 2.52. The first-order chi connectivity index (χ1) is 6.65. The van der Waals surface area contributed by atoms with Crippen LogP contribution in [0, 0.1) is 11.8 Å². The Balaban J connectivity index is 1.91. The third-order valence-electron chi connectivity index (χ3n) is 4.08. The molecule has 0 amide bonds. The van der Waals surface area contributed by atoms with E-state index in [-0.39, 0.29) is 12.0 Å². The number of hydrogen-bond acceptors (Lipinski definition) is 3. The lowest BCUT2D eigenvalue weighted by Crippen LogP contribution is -2.63. The highest BCUT2D eigenvalue weighted by Crippen LogP contribution is 2.41. The number of rotatable bonds is 2. The number of likely N-dealkylation sites (tertiary alicyclic amines) is 1. The van der Waals surface area contributed by atoms with E-state index in [1.165, 1.54) is 13.5 Å². The van der Waals surface area contributed by atoms with E-state index in [4.69, 9.17) is 4.74 Å². The third-order valence-corrected chi connectivity index (χ3v) is 4.08. The second-order valence-corrected chi connectivity index (χ2v) is 4.70. The zero-order valence-corrected chi connectivity index (χ0v) is 9.19. The standard InChI is InChI=1S/C11H19NO2/c1-7-6-10(8(7)2)12-5-4-9(12)11(13)14-3/h7-10H,4-6H2,1-3H3. The van der Waals surface area contributed by atoms with Crippen LogP contribution in [-0.4, -0.2) is 36.6 Å². The minimum absolute atomic E-state index is 0.0528. The Hall–Kier alpha value is -0.570. The normalized spacial score (nSPS) is 42.5. The van der Waals surface area contributed by atoms with Crippen LogP contribution in [0.3, 0.4) is 0 Å². The second kappa shape index (κ2) is 3.54. The summed E-state index contributed by atoms with van der Waals surface area (Å²) in [4.78, 5) is 13.7. The molecule has 0 aromatic carbocycles. The Bertz CT molecular complexity index is 241. The van der Waals surface area contributed by atoms with Gasteiger partial charge in [-0.05, 0) is 24.7 Å². The van der Waals surface area contributed by atoms with Gasteiger partial charge in [-0.2, -0.15) is 0 Å². The van der Waals surface area contributed by atoms with Gasteiger partial charge in [-0.3, -0.25) is 9.69 Å². The average Bonchev–Trinajstić information content (AvgIpc) is 2.15. The zero-order valence-electron chi connectivity index (χ0n) is 9.19. The van der Waals surface area contributed by atoms with Gasteiger partial charge in [-0.1, -0.05) is 13.8 Å². The molecular weight excluding hydrogens is 178 g/mol. The molecule has 1 saturated carbocycles. The van der Waals surface area contributed by atoms with Gasteiger partial charge in [0.05, 0.1) is 7.11 Å². The smallest absolute Gasteiger partial charge is 0.323 e. The molecule has 1 saturated heterocycles. The maximum Gasteiger partial charge on any atom is 0.323 e. The molecule has 2 rings (SSSR count). The van der Waals surface area contributed by atoms with Gasteiger partial charge in [0.25, 0.3) is 0 Å². The van der Waals surface area contributed by atoms with Crippen LogP contribution < -0.4 is 0 Å². The van der Waals surface area contributed by atoms with Crippen molar-refractivity contribution in [1.29, 1.82) is 0 Å². The summed E-state index contributed by atoms with van der Waals surface area (Å²) >= 11 is 0. The van der Waals surface area contributed by atoms with Crippen molar-refractivity contribution in [3.8, 4) is 0 Å². The van der Waals surface area contributed by atoms with Gasteiger partial charge in [-0.15, -0.1) is 0 Å². The Morgan fingerprint density at radius 1 is 1.43 bits per heavy atom. The second-order valence-electron chi connectivity index (χ2n) is 4.70. The zero-order chi connectivity index (χ0) is 10.3. The first-order valence-corrected chi connectivity index (χ1v) is 5.48. The molecule has 80 valence electrons. The molecule has 14 heavy (non-hydrogen) atoms. The Morgan fingerprint density at radius 3 is 2.50 bits per heavy atom. The van der Waals surface area contributed by atoms with E-state index in [0.29, 0.717) is 6.04 Å². The SMILES string of the molecule is COC(=O)C1CCN1C1CC(C)C1C. The molecule has 4 unspecified atom stereocenters. The van der Waals surface area contributed by atoms with Crippen molar-refractivity contribution in [1.82, 2.24) is 4.90 Å². The summed E-state index contributed by atoms with van der Waals surface area (Å²) in [6.07, 6.45) is 2.22. The number of esters is 1. The lowest BCUT2D eigenvalue weighted by molar-refractivity contribution is -0.159. The van der Waals surface area contributed by atoms with Gasteiger partial charge in [0.1, 0.15) is 6.04 Å². The highest BCUT2D eigenvalue weighted by Gasteiger charge is 2.46. The van der Waals surface area contributed by atoms with Crippen LogP contribution in [0.1, 0.15) is 26.7 Å². The topological polar surface area (TPSA) is 29.5 Å². The van der Waals surface area contributed by atoms with Gasteiger partial charge < -0.3 is 4.74 Å². The quantitative estimate of drug-likeness (QED) is 0.624. The van der Waals surface area contributed by atoms with Crippen LogP contribution in [0.5, 0.6) is 0 Å². The van der Waals surface area contributed by atoms with Crippen LogP contribution >= 0.6 is 0 Å². The number of methoxy groups -OCH3 is 1. The van der Waals surface area contributed by atoms with Crippen LogP contribution in [-0.2, 0) is 9.53 Å². The van der Waals surface area contributed by atoms with Crippen LogP contribution in [0.25, 0.3) is 0 Å². The van der Waals surface area contributed by atoms with Crippen molar-refractivity contribution in [2.45, 2.75) is 38.8 Å². The summed E-state index contributed by atoms with van der Waals surface area (Å²) in [5.41, 5.74) is 0. The largest absolute Gasteiger partial charge is 0.468 e. The molecule has 0 radical (unpaired) electrons. The molecule has 3 nitrogen and oxygen atoms in total. The van der Waals surface area contributed by atoms with Crippen molar-refractivity contribution in [2.24, 2.45) is 11.8 Å². The fourth-order valence-electron chi connectivity index (χ4n) is 2.62. The van der Waals surface area contributed by atoms with E-state index in [1.807, 2.05) is 0 Å². The van der Waals surface area contributed by atoms with Crippen LogP contribution in [0.15, 0.2) is 0 Å². The molecule has 1 aliphatic heterocycles. The van der Waals surface area contributed by atoms with Crippen molar-refractivity contribution in [3.63, 3.8) is 0 Å². The molecule has 0 N–H and O–H groups in total. The molecule has 2 fully saturated rings. The van der Waals surface area contributed by atoms with Gasteiger partial charge in [0.15, 0.2) is 0 Å². The minimum atomic E-state index is -0.0528. The van der Waals surface area contributed by atoms with Crippen LogP contribution in [0.4, 0.5) is 0 Å². The monoisotopic (exact) mass is 197 g/mol. The number of ether oxygens (including phenoxy) is 1. The minimum Gasteiger partial charge on any atom is -0.468 e. The van der Waals surface area contributed by atoms with Gasteiger partial charge >= 0.3 is 5.97 Å². The highest BCUT2D eigenvalue weighted by atomic mass is 16.5. The third kappa shape index (κ3) is 1.34. The average molecular weight is 197 g/mol. The summed E-state index contributed by atoms with van der Waals surface area (Å²) in [5.74, 6) is 1.50. The molecule has 0 bridgehead atoms. The molecule has 0 spiro atoms. The first-order valence-electron chi connectivity index (χ1n) is 5.48. The molecule has 2 aliphatic rings. The molecule has 1 heterocycles. The molecule has 4 atom stereocenters. The molecular formula is C11H19NO2. The molecule has 3 heteroatoms. The summed E-state index contributed by atoms with van der Waals surface area (Å²) < 4.78 is 4.78. The first kappa shape index (κ1) is 9.97. The maximum atomic E-state index is 11.4. The van der Waals surface area contributed by atoms with Gasteiger partial charge in [0, 0.05) is 12.6 Å². The van der Waals surface area contributed by atoms with Crippen molar-refractivity contribution in [2.75, 3.05) is 13.7 Å². The van der Waals surface area contributed by atoms with E-state index < -0.39 is 0 Å². The maximum absolute atomic E-state index is 11.4. The van der Waals surface area contributed by atoms with E-state index in [9.17, 15) is 4.79 Å². The number of nitrogens with zero attached hydrogens (tertiary/aromatic N) is 1. The van der Waals surface area contributed by atoms with Crippen molar-refractivity contribution >= 4 is 5.97 Å². The molecule has 0 aromatic rings. The summed E-state index contributed by atoms with van der Waals surface area (Å²) in [5, 5.41) is 0. The van der Waals surface area contributed by atoms with E-state index in [1.54, 1.807) is 0 Å². The van der Waals surface area contributed by atoms with Crippen molar-refractivity contribution in [3.05, 3.63) is 0 Å². The van der Waals surface area contributed by atoms with Crippen LogP contribution in [0.2, 0.25) is 0 Å². The van der Waals surface area contributed by atoms with E-state index in [2.05, 4.69) is 18.7 Å². The Labute approximate surface area is 85.4 Å². The summed E-state index contributed by atoms with van der Waals surface area (Å²) in [7, 11) is 1.48. The highest BCUT2D eigenvalue weighted by molar-refractivity contribution is 5.76. The van der Waals surface area contributed by atoms with Gasteiger partial charge in [0.2, 0.25) is 0 Å². The number of hydrogen-bond donors (Lipinski definition) is 0. The van der Waals surface area contributed by atoms with E-state index in [0.717, 1.165) is 24.8 Å². The number of carbonyl (C=O) groups excluding carboxylic acids is 1.